The molecular weight excluding hydrogens is 200 g/mol. The fraction of sp³-hybridized carbons (Fsp3) is 0.929. The highest BCUT2D eigenvalue weighted by molar-refractivity contribution is 5.91. The second-order valence-electron chi connectivity index (χ2n) is 7.01. The van der Waals surface area contributed by atoms with Gasteiger partial charge in [0.25, 0.3) is 0 Å². The van der Waals surface area contributed by atoms with E-state index >= 15 is 0 Å². The molecule has 1 N–H and O–H groups in total. The maximum Gasteiger partial charge on any atom is 0.145 e. The van der Waals surface area contributed by atoms with Crippen molar-refractivity contribution in [2.75, 3.05) is 0 Å². The van der Waals surface area contributed by atoms with Gasteiger partial charge in [-0.25, -0.2) is 0 Å². The first kappa shape index (κ1) is 10.8. The van der Waals surface area contributed by atoms with Crippen molar-refractivity contribution in [3.8, 4) is 0 Å². The minimum absolute atomic E-state index is 0.233. The Balaban J connectivity index is 2.13. The molecule has 16 heavy (non-hydrogen) atoms. The van der Waals surface area contributed by atoms with Gasteiger partial charge in [-0.2, -0.15) is 0 Å². The molecule has 4 bridgehead atoms. The van der Waals surface area contributed by atoms with E-state index in [1.807, 2.05) is 6.92 Å². The van der Waals surface area contributed by atoms with Crippen molar-refractivity contribution < 1.29 is 9.90 Å². The van der Waals surface area contributed by atoms with Gasteiger partial charge in [-0.1, -0.05) is 13.8 Å². The Morgan fingerprint density at radius 1 is 1.19 bits per heavy atom. The zero-order valence-electron chi connectivity index (χ0n) is 10.5. The Hall–Kier alpha value is -0.370. The van der Waals surface area contributed by atoms with Crippen LogP contribution < -0.4 is 0 Å². The lowest BCUT2D eigenvalue weighted by Crippen LogP contribution is -2.44. The maximum atomic E-state index is 12.5. The van der Waals surface area contributed by atoms with Crippen LogP contribution in [0.2, 0.25) is 0 Å². The molecule has 3 aliphatic rings. The van der Waals surface area contributed by atoms with Crippen LogP contribution in [-0.4, -0.2) is 17.0 Å². The van der Waals surface area contributed by atoms with Crippen molar-refractivity contribution in [1.29, 1.82) is 0 Å². The quantitative estimate of drug-likeness (QED) is 0.683. The first-order chi connectivity index (χ1) is 7.39. The third-order valence-electron chi connectivity index (χ3n) is 5.95. The molecule has 2 heteroatoms. The van der Waals surface area contributed by atoms with Gasteiger partial charge in [-0.05, 0) is 49.9 Å². The van der Waals surface area contributed by atoms with E-state index in [2.05, 4.69) is 13.8 Å². The molecule has 0 aliphatic heterocycles. The number of Topliss-reactive ketones (excluding diaryl/α,β-unsaturated/α-hetero) is 1. The number of hydrogen-bond acceptors (Lipinski definition) is 2. The number of aliphatic hydroxyl groups excluding tert-OH is 1. The molecule has 0 saturated heterocycles. The van der Waals surface area contributed by atoms with Crippen LogP contribution in [0.1, 0.15) is 46.5 Å². The van der Waals surface area contributed by atoms with E-state index in [1.54, 1.807) is 0 Å². The van der Waals surface area contributed by atoms with Crippen molar-refractivity contribution in [3.63, 3.8) is 0 Å². The summed E-state index contributed by atoms with van der Waals surface area (Å²) in [4.78, 5) is 12.5. The molecule has 3 saturated carbocycles. The molecule has 0 aromatic heterocycles. The standard InChI is InChI=1S/C14H22O2/c1-13(2)7-6-10(15)14(3)9-5-4-8(11(9)13)12(14)16/h8-11,15H,4-7H2,1-3H3/t8-,9+,10+,11-,14-/m0/s1. The highest BCUT2D eigenvalue weighted by Crippen LogP contribution is 2.66. The summed E-state index contributed by atoms with van der Waals surface area (Å²) in [5.74, 6) is 1.59. The number of rotatable bonds is 0. The molecule has 0 heterocycles. The maximum absolute atomic E-state index is 12.5. The van der Waals surface area contributed by atoms with Crippen LogP contribution in [0, 0.1) is 28.6 Å². The van der Waals surface area contributed by atoms with Gasteiger partial charge in [0.05, 0.1) is 11.5 Å². The lowest BCUT2D eigenvalue weighted by atomic mass is 9.69. The van der Waals surface area contributed by atoms with Gasteiger partial charge in [0.15, 0.2) is 0 Å². The first-order valence-corrected chi connectivity index (χ1v) is 6.61. The molecule has 3 fully saturated rings. The number of carbonyl (C=O) groups excluding carboxylic acids is 1. The molecule has 0 aromatic rings. The fourth-order valence-electron chi connectivity index (χ4n) is 5.02. The average Bonchev–Trinajstić information content (AvgIpc) is 2.72. The summed E-state index contributed by atoms with van der Waals surface area (Å²) in [6.45, 7) is 6.61. The monoisotopic (exact) mass is 222 g/mol. The molecule has 5 atom stereocenters. The van der Waals surface area contributed by atoms with Crippen LogP contribution in [-0.2, 0) is 4.79 Å². The number of ketones is 1. The van der Waals surface area contributed by atoms with Gasteiger partial charge in [0.2, 0.25) is 0 Å². The second-order valence-corrected chi connectivity index (χ2v) is 7.01. The van der Waals surface area contributed by atoms with Gasteiger partial charge in [0, 0.05) is 5.92 Å². The molecule has 0 radical (unpaired) electrons. The molecule has 0 spiro atoms. The van der Waals surface area contributed by atoms with E-state index in [4.69, 9.17) is 0 Å². The van der Waals surface area contributed by atoms with Crippen molar-refractivity contribution in [2.45, 2.75) is 52.6 Å². The Morgan fingerprint density at radius 3 is 2.56 bits per heavy atom. The van der Waals surface area contributed by atoms with Crippen LogP contribution in [0.25, 0.3) is 0 Å². The van der Waals surface area contributed by atoms with E-state index < -0.39 is 11.5 Å². The van der Waals surface area contributed by atoms with E-state index in [0.717, 1.165) is 25.7 Å². The Kier molecular flexibility index (Phi) is 1.95. The zero-order valence-corrected chi connectivity index (χ0v) is 10.5. The van der Waals surface area contributed by atoms with E-state index in [9.17, 15) is 9.90 Å². The van der Waals surface area contributed by atoms with Crippen LogP contribution in [0.5, 0.6) is 0 Å². The van der Waals surface area contributed by atoms with Gasteiger partial charge in [-0.15, -0.1) is 0 Å². The Bertz CT molecular complexity index is 347. The summed E-state index contributed by atoms with van der Waals surface area (Å²) < 4.78 is 0. The molecular formula is C14H22O2. The molecule has 90 valence electrons. The van der Waals surface area contributed by atoms with Crippen LogP contribution in [0.3, 0.4) is 0 Å². The summed E-state index contributed by atoms with van der Waals surface area (Å²) in [5, 5.41) is 10.3. The molecule has 3 aliphatic carbocycles. The molecule has 0 amide bonds. The Labute approximate surface area is 97.4 Å². The minimum Gasteiger partial charge on any atom is -0.392 e. The van der Waals surface area contributed by atoms with Gasteiger partial charge in [0.1, 0.15) is 5.78 Å². The predicted molar refractivity (Wildman–Crippen MR) is 61.8 cm³/mol. The number of carbonyl (C=O) groups is 1. The van der Waals surface area contributed by atoms with Crippen LogP contribution >= 0.6 is 0 Å². The average molecular weight is 222 g/mol. The van der Waals surface area contributed by atoms with Gasteiger partial charge < -0.3 is 5.11 Å². The van der Waals surface area contributed by atoms with Gasteiger partial charge >= 0.3 is 0 Å². The lowest BCUT2D eigenvalue weighted by molar-refractivity contribution is -0.139. The summed E-state index contributed by atoms with van der Waals surface area (Å²) in [6.07, 6.45) is 3.68. The summed E-state index contributed by atoms with van der Waals surface area (Å²) in [5.41, 5.74) is -0.182. The van der Waals surface area contributed by atoms with Crippen molar-refractivity contribution >= 4 is 5.78 Å². The van der Waals surface area contributed by atoms with E-state index in [0.29, 0.717) is 17.6 Å². The zero-order chi connectivity index (χ0) is 11.7. The SMILES string of the molecule is CC1(C)CC[C@@H](O)[C@@]2(C)C(=O)[C@H]3CC[C@@H]2[C@H]31. The first-order valence-electron chi connectivity index (χ1n) is 6.61. The largest absolute Gasteiger partial charge is 0.392 e. The Morgan fingerprint density at radius 2 is 1.88 bits per heavy atom. The third-order valence-corrected chi connectivity index (χ3v) is 5.95. The minimum atomic E-state index is -0.415. The van der Waals surface area contributed by atoms with Gasteiger partial charge in [-0.3, -0.25) is 4.79 Å². The summed E-state index contributed by atoms with van der Waals surface area (Å²) in [6, 6.07) is 0. The van der Waals surface area contributed by atoms with Crippen molar-refractivity contribution in [2.24, 2.45) is 28.6 Å². The van der Waals surface area contributed by atoms with Crippen LogP contribution in [0.4, 0.5) is 0 Å². The van der Waals surface area contributed by atoms with E-state index in [1.165, 1.54) is 0 Å². The summed E-state index contributed by atoms with van der Waals surface area (Å²) >= 11 is 0. The highest BCUT2D eigenvalue weighted by Gasteiger charge is 2.67. The predicted octanol–water partition coefficient (Wildman–Crippen LogP) is 2.40. The van der Waals surface area contributed by atoms with Crippen LogP contribution in [0.15, 0.2) is 0 Å². The van der Waals surface area contributed by atoms with Crippen molar-refractivity contribution in [1.82, 2.24) is 0 Å². The van der Waals surface area contributed by atoms with Crippen molar-refractivity contribution in [3.05, 3.63) is 0 Å². The van der Waals surface area contributed by atoms with E-state index in [-0.39, 0.29) is 11.3 Å². The molecule has 2 nitrogen and oxygen atoms in total. The number of aliphatic hydroxyl groups is 1. The fourth-order valence-corrected chi connectivity index (χ4v) is 5.02. The summed E-state index contributed by atoms with van der Waals surface area (Å²) in [7, 11) is 0. The normalized spacial score (nSPS) is 54.1. The third kappa shape index (κ3) is 1.000. The highest BCUT2D eigenvalue weighted by atomic mass is 16.3. The number of hydrogen-bond donors (Lipinski definition) is 1. The molecule has 3 rings (SSSR count). The molecule has 0 unspecified atom stereocenters. The molecule has 0 aromatic carbocycles. The smallest absolute Gasteiger partial charge is 0.145 e. The second kappa shape index (κ2) is 2.90. The topological polar surface area (TPSA) is 37.3 Å². The lowest BCUT2D eigenvalue weighted by Gasteiger charge is -2.36.